The van der Waals surface area contributed by atoms with Crippen LogP contribution >= 0.6 is 15.9 Å². The Bertz CT molecular complexity index is 1350. The molecule has 1 aliphatic heterocycles. The minimum atomic E-state index is -5.19. The van der Waals surface area contributed by atoms with E-state index in [1.807, 2.05) is 0 Å². The van der Waals surface area contributed by atoms with Crippen LogP contribution < -0.4 is 5.73 Å². The third-order valence-electron chi connectivity index (χ3n) is 6.03. The number of hydrogen-bond acceptors (Lipinski definition) is 7. The molecule has 15 heteroatoms. The lowest BCUT2D eigenvalue weighted by Gasteiger charge is -2.27. The summed E-state index contributed by atoms with van der Waals surface area (Å²) >= 11 is 3.30. The van der Waals surface area contributed by atoms with Gasteiger partial charge in [0.1, 0.15) is 5.69 Å². The topological polar surface area (TPSA) is 118 Å². The maximum atomic E-state index is 13.9. The van der Waals surface area contributed by atoms with Crippen LogP contribution in [0.2, 0.25) is 0 Å². The average molecular weight is 608 g/mol. The number of rotatable bonds is 2. The third-order valence-corrected chi connectivity index (χ3v) is 6.52. The van der Waals surface area contributed by atoms with Gasteiger partial charge in [-0.15, -0.1) is 10.2 Å². The first-order valence-electron chi connectivity index (χ1n) is 11.3. The Morgan fingerprint density at radius 1 is 1.08 bits per heavy atom. The first-order chi connectivity index (χ1) is 17.7. The van der Waals surface area contributed by atoms with Crippen molar-refractivity contribution in [3.63, 3.8) is 0 Å². The summed E-state index contributed by atoms with van der Waals surface area (Å²) in [5.41, 5.74) is -0.917. The van der Waals surface area contributed by atoms with Gasteiger partial charge in [-0.1, -0.05) is 34.5 Å². The van der Waals surface area contributed by atoms with Crippen molar-refractivity contribution < 1.29 is 40.7 Å². The fraction of sp³-hybridized carbons (Fsp3) is 0.391. The Balaban J connectivity index is 1.88. The van der Waals surface area contributed by atoms with Crippen molar-refractivity contribution >= 4 is 27.5 Å². The number of benzene rings is 1. The van der Waals surface area contributed by atoms with Gasteiger partial charge >= 0.3 is 12.4 Å². The maximum absolute atomic E-state index is 13.9. The molecule has 0 aliphatic carbocycles. The Labute approximate surface area is 220 Å². The van der Waals surface area contributed by atoms with E-state index in [1.54, 1.807) is 24.3 Å². The highest BCUT2D eigenvalue weighted by atomic mass is 79.9. The number of hydrogen-bond donors (Lipinski definition) is 2. The molecule has 4 bridgehead atoms. The van der Waals surface area contributed by atoms with Gasteiger partial charge in [0.15, 0.2) is 5.69 Å². The van der Waals surface area contributed by atoms with Gasteiger partial charge in [0, 0.05) is 17.6 Å². The quantitative estimate of drug-likeness (QED) is 0.371. The normalized spacial score (nSPS) is 19.4. The highest BCUT2D eigenvalue weighted by Gasteiger charge is 2.58. The summed E-state index contributed by atoms with van der Waals surface area (Å²) in [5, 5.41) is 17.2. The van der Waals surface area contributed by atoms with Gasteiger partial charge in [-0.25, -0.2) is 4.98 Å². The molecule has 0 unspecified atom stereocenters. The van der Waals surface area contributed by atoms with Gasteiger partial charge in [0.2, 0.25) is 5.60 Å². The standard InChI is InChI=1S/C23H20BrF6N5O3/c24-13-6-4-5-12(9-13)11-35-8-3-1-2-7-21(37,23(28,29)30)20-34-33-18(38-20)17-15(31)10-14(22(25,26)27)16(32-17)19(35)36/h4-6,9-10,37H,1-3,7-8,11,31H2/t21-/m1/s1. The second-order valence-electron chi connectivity index (χ2n) is 8.76. The maximum Gasteiger partial charge on any atom is 0.426 e. The summed E-state index contributed by atoms with van der Waals surface area (Å²) in [6.45, 7) is -0.193. The second kappa shape index (κ2) is 10.2. The average Bonchev–Trinajstić information content (AvgIpc) is 3.31. The Morgan fingerprint density at radius 2 is 1.82 bits per heavy atom. The molecule has 1 aromatic carbocycles. The molecule has 0 radical (unpaired) electrons. The van der Waals surface area contributed by atoms with Crippen molar-refractivity contribution in [2.45, 2.75) is 50.2 Å². The van der Waals surface area contributed by atoms with Gasteiger partial charge in [0.05, 0.1) is 11.3 Å². The molecule has 1 aliphatic rings. The molecule has 2 aromatic heterocycles. The van der Waals surface area contributed by atoms with Crippen molar-refractivity contribution in [2.24, 2.45) is 0 Å². The number of fused-ring (bicyclic) bond motifs is 5. The summed E-state index contributed by atoms with van der Waals surface area (Å²) < 4.78 is 89.0. The monoisotopic (exact) mass is 607 g/mol. The molecule has 0 fully saturated rings. The predicted molar refractivity (Wildman–Crippen MR) is 124 cm³/mol. The fourth-order valence-corrected chi connectivity index (χ4v) is 4.50. The smallest absolute Gasteiger partial charge is 0.416 e. The predicted octanol–water partition coefficient (Wildman–Crippen LogP) is 5.46. The van der Waals surface area contributed by atoms with Crippen molar-refractivity contribution in [1.82, 2.24) is 20.1 Å². The number of nitrogens with two attached hydrogens (primary N) is 1. The van der Waals surface area contributed by atoms with E-state index < -0.39 is 64.7 Å². The molecule has 8 nitrogen and oxygen atoms in total. The Kier molecular flexibility index (Phi) is 7.45. The molecule has 1 atom stereocenters. The van der Waals surface area contributed by atoms with E-state index in [2.05, 4.69) is 31.1 Å². The number of alkyl halides is 6. The number of anilines is 1. The number of amides is 1. The lowest BCUT2D eigenvalue weighted by Crippen LogP contribution is -2.42. The number of halogens is 7. The molecular weight excluding hydrogens is 588 g/mol. The number of nitrogens with zero attached hydrogens (tertiary/aromatic N) is 4. The number of aliphatic hydroxyl groups is 1. The van der Waals surface area contributed by atoms with Gasteiger partial charge in [-0.05, 0) is 43.0 Å². The zero-order chi connectivity index (χ0) is 27.9. The van der Waals surface area contributed by atoms with Crippen LogP contribution in [0.4, 0.5) is 32.0 Å². The molecule has 4 rings (SSSR count). The fourth-order valence-electron chi connectivity index (χ4n) is 4.05. The van der Waals surface area contributed by atoms with Crippen LogP contribution in [-0.4, -0.2) is 43.8 Å². The molecule has 204 valence electrons. The highest BCUT2D eigenvalue weighted by Crippen LogP contribution is 2.43. The Morgan fingerprint density at radius 3 is 2.47 bits per heavy atom. The zero-order valence-corrected chi connectivity index (χ0v) is 21.0. The Hall–Kier alpha value is -3.20. The molecule has 3 heterocycles. The first-order valence-corrected chi connectivity index (χ1v) is 12.0. The second-order valence-corrected chi connectivity index (χ2v) is 9.67. The van der Waals surface area contributed by atoms with E-state index in [4.69, 9.17) is 10.2 Å². The van der Waals surface area contributed by atoms with Crippen molar-refractivity contribution in [3.05, 3.63) is 57.5 Å². The van der Waals surface area contributed by atoms with E-state index in [0.717, 1.165) is 4.90 Å². The minimum absolute atomic E-state index is 0.0904. The van der Waals surface area contributed by atoms with Crippen LogP contribution in [0, 0.1) is 0 Å². The number of pyridine rings is 1. The van der Waals surface area contributed by atoms with Crippen LogP contribution in [0.25, 0.3) is 11.6 Å². The van der Waals surface area contributed by atoms with Crippen molar-refractivity contribution in [1.29, 1.82) is 0 Å². The third kappa shape index (κ3) is 5.48. The number of aromatic nitrogens is 3. The number of carbonyl (C=O) groups excluding carboxylic acids is 1. The summed E-state index contributed by atoms with van der Waals surface area (Å²) in [6, 6.07) is 7.19. The molecule has 1 amide bonds. The van der Waals surface area contributed by atoms with Gasteiger partial charge in [-0.3, -0.25) is 4.79 Å². The van der Waals surface area contributed by atoms with Crippen molar-refractivity contribution in [2.75, 3.05) is 12.3 Å². The molecule has 38 heavy (non-hydrogen) atoms. The molecule has 3 N–H and O–H groups in total. The van der Waals surface area contributed by atoms with Crippen LogP contribution in [0.1, 0.15) is 53.2 Å². The van der Waals surface area contributed by atoms with E-state index in [-0.39, 0.29) is 32.4 Å². The van der Waals surface area contributed by atoms with Crippen molar-refractivity contribution in [3.8, 4) is 11.6 Å². The number of nitrogen functional groups attached to an aromatic ring is 1. The van der Waals surface area contributed by atoms with Crippen LogP contribution in [0.3, 0.4) is 0 Å². The zero-order valence-electron chi connectivity index (χ0n) is 19.4. The SMILES string of the molecule is Nc1cc(C(F)(F)F)c2nc1-c1nnc(o1)[C@@](O)(C(F)(F)F)CCCCCN(Cc1cccc(Br)c1)C2=O. The molecule has 0 saturated heterocycles. The molecule has 3 aromatic rings. The molecule has 0 saturated carbocycles. The van der Waals surface area contributed by atoms with E-state index in [0.29, 0.717) is 16.1 Å². The largest absolute Gasteiger partial charge is 0.426 e. The van der Waals surface area contributed by atoms with Gasteiger partial charge in [0.25, 0.3) is 17.7 Å². The summed E-state index contributed by atoms with van der Waals surface area (Å²) in [6.07, 6.45) is -11.0. The first kappa shape index (κ1) is 27.8. The number of carbonyl (C=O) groups is 1. The highest BCUT2D eigenvalue weighted by molar-refractivity contribution is 9.10. The van der Waals surface area contributed by atoms with E-state index >= 15 is 0 Å². The van der Waals surface area contributed by atoms with Crippen LogP contribution in [0.5, 0.6) is 0 Å². The summed E-state index contributed by atoms with van der Waals surface area (Å²) in [4.78, 5) is 18.4. The molecule has 0 spiro atoms. The molecular formula is C23H20BrF6N5O3. The van der Waals surface area contributed by atoms with Crippen LogP contribution in [-0.2, 0) is 18.3 Å². The van der Waals surface area contributed by atoms with Gasteiger partial charge in [-0.2, -0.15) is 26.3 Å². The summed E-state index contributed by atoms with van der Waals surface area (Å²) in [5.74, 6) is -3.05. The summed E-state index contributed by atoms with van der Waals surface area (Å²) in [7, 11) is 0. The van der Waals surface area contributed by atoms with E-state index in [9.17, 15) is 36.2 Å². The lowest BCUT2D eigenvalue weighted by atomic mass is 9.95. The van der Waals surface area contributed by atoms with Crippen LogP contribution in [0.15, 0.2) is 39.2 Å². The van der Waals surface area contributed by atoms with Gasteiger partial charge < -0.3 is 20.2 Å². The minimum Gasteiger partial charge on any atom is -0.416 e. The van der Waals surface area contributed by atoms with E-state index in [1.165, 1.54) is 0 Å². The lowest BCUT2D eigenvalue weighted by molar-refractivity contribution is -0.277.